The predicted octanol–water partition coefficient (Wildman–Crippen LogP) is 1.63. The van der Waals surface area contributed by atoms with Crippen molar-refractivity contribution in [2.45, 2.75) is 13.0 Å². The van der Waals surface area contributed by atoms with Crippen molar-refractivity contribution in [3.8, 4) is 0 Å². The van der Waals surface area contributed by atoms with Crippen molar-refractivity contribution in [1.82, 2.24) is 14.9 Å². The lowest BCUT2D eigenvalue weighted by Crippen LogP contribution is -2.42. The van der Waals surface area contributed by atoms with Crippen molar-refractivity contribution in [3.63, 3.8) is 0 Å². The monoisotopic (exact) mass is 302 g/mol. The molecule has 0 spiro atoms. The Labute approximate surface area is 128 Å². The normalized spacial score (nSPS) is 18.3. The maximum Gasteiger partial charge on any atom is 0.291 e. The molecule has 1 fully saturated rings. The fourth-order valence-corrected chi connectivity index (χ4v) is 2.49. The Morgan fingerprint density at radius 1 is 1.45 bits per heavy atom. The number of hydrogen-bond acceptors (Lipinski definition) is 6. The first-order chi connectivity index (χ1) is 10.7. The van der Waals surface area contributed by atoms with Crippen LogP contribution in [0.3, 0.4) is 0 Å². The summed E-state index contributed by atoms with van der Waals surface area (Å²) >= 11 is 0. The van der Waals surface area contributed by atoms with Crippen molar-refractivity contribution >= 4 is 11.6 Å². The summed E-state index contributed by atoms with van der Waals surface area (Å²) in [6, 6.07) is 3.91. The second kappa shape index (κ2) is 6.15. The number of ether oxygens (including phenoxy) is 1. The summed E-state index contributed by atoms with van der Waals surface area (Å²) in [5, 5.41) is 3.10. The van der Waals surface area contributed by atoms with E-state index in [4.69, 9.17) is 9.15 Å². The first-order valence-electron chi connectivity index (χ1n) is 7.13. The van der Waals surface area contributed by atoms with Crippen LogP contribution in [-0.2, 0) is 4.74 Å². The molecule has 0 saturated carbocycles. The summed E-state index contributed by atoms with van der Waals surface area (Å²) < 4.78 is 10.9. The molecule has 0 bridgehead atoms. The number of morpholine rings is 1. The molecule has 22 heavy (non-hydrogen) atoms. The lowest BCUT2D eigenvalue weighted by molar-refractivity contribution is -0.0256. The third kappa shape index (κ3) is 2.94. The van der Waals surface area contributed by atoms with Gasteiger partial charge in [0.1, 0.15) is 6.10 Å². The number of hydrogen-bond donors (Lipinski definition) is 1. The molecule has 2 aromatic heterocycles. The number of carbonyl (C=O) groups excluding carboxylic acids is 1. The van der Waals surface area contributed by atoms with Crippen molar-refractivity contribution in [2.24, 2.45) is 0 Å². The fourth-order valence-electron chi connectivity index (χ4n) is 2.49. The lowest BCUT2D eigenvalue weighted by atomic mass is 10.1. The van der Waals surface area contributed by atoms with E-state index < -0.39 is 0 Å². The summed E-state index contributed by atoms with van der Waals surface area (Å²) in [6.45, 7) is 3.37. The minimum absolute atomic E-state index is 0.174. The average Bonchev–Trinajstić information content (AvgIpc) is 3.08. The quantitative estimate of drug-likeness (QED) is 0.928. The molecule has 0 radical (unpaired) electrons. The van der Waals surface area contributed by atoms with Crippen LogP contribution >= 0.6 is 0 Å². The van der Waals surface area contributed by atoms with Gasteiger partial charge in [0.15, 0.2) is 6.39 Å². The molecule has 1 N–H and O–H groups in total. The van der Waals surface area contributed by atoms with Gasteiger partial charge in [-0.05, 0) is 19.1 Å². The maximum atomic E-state index is 12.3. The van der Waals surface area contributed by atoms with Gasteiger partial charge in [-0.25, -0.2) is 4.98 Å². The van der Waals surface area contributed by atoms with Gasteiger partial charge < -0.3 is 19.4 Å². The highest BCUT2D eigenvalue weighted by Crippen LogP contribution is 2.24. The zero-order valence-corrected chi connectivity index (χ0v) is 12.6. The molecule has 1 aliphatic heterocycles. The number of aromatic nitrogens is 2. The van der Waals surface area contributed by atoms with Crippen molar-refractivity contribution in [1.29, 1.82) is 0 Å². The molecule has 2 aromatic rings. The van der Waals surface area contributed by atoms with Crippen LogP contribution in [0.1, 0.15) is 28.0 Å². The second-order valence-corrected chi connectivity index (χ2v) is 5.15. The summed E-state index contributed by atoms with van der Waals surface area (Å²) in [5.74, 6) is 0.0704. The number of rotatable bonds is 3. The van der Waals surface area contributed by atoms with Crippen LogP contribution in [0.5, 0.6) is 0 Å². The van der Waals surface area contributed by atoms with Gasteiger partial charge in [-0.3, -0.25) is 9.78 Å². The minimum Gasteiger partial charge on any atom is -0.438 e. The first kappa shape index (κ1) is 14.5. The van der Waals surface area contributed by atoms with Gasteiger partial charge in [0, 0.05) is 25.0 Å². The van der Waals surface area contributed by atoms with Crippen LogP contribution in [-0.4, -0.2) is 47.5 Å². The third-order valence-electron chi connectivity index (χ3n) is 3.59. The number of carbonyl (C=O) groups is 1. The highest BCUT2D eigenvalue weighted by Gasteiger charge is 2.28. The van der Waals surface area contributed by atoms with E-state index in [-0.39, 0.29) is 17.8 Å². The lowest BCUT2D eigenvalue weighted by Gasteiger charge is -2.32. The van der Waals surface area contributed by atoms with Crippen molar-refractivity contribution in [2.75, 3.05) is 32.1 Å². The van der Waals surface area contributed by atoms with Crippen LogP contribution in [0.15, 0.2) is 29.1 Å². The average molecular weight is 302 g/mol. The molecule has 3 heterocycles. The second-order valence-electron chi connectivity index (χ2n) is 5.15. The molecule has 7 nitrogen and oxygen atoms in total. The SMILES string of the molecule is CNc1cc(C)nc([C@@H]2CN(C(=O)c3cnco3)CCO2)c1. The zero-order valence-electron chi connectivity index (χ0n) is 12.6. The highest BCUT2D eigenvalue weighted by atomic mass is 16.5. The molecule has 1 atom stereocenters. The first-order valence-corrected chi connectivity index (χ1v) is 7.13. The molecular formula is C15H18N4O3. The molecule has 0 aromatic carbocycles. The maximum absolute atomic E-state index is 12.3. The standard InChI is InChI=1S/C15H18N4O3/c1-10-5-11(16-2)6-12(18-10)14-8-19(3-4-21-14)15(20)13-7-17-9-22-13/h5-7,9,14H,3-4,8H2,1-2H3,(H,16,18)/t14-/m0/s1. The number of pyridine rings is 1. The molecule has 1 aliphatic rings. The topological polar surface area (TPSA) is 80.5 Å². The number of oxazole rings is 1. The number of amides is 1. The molecular weight excluding hydrogens is 284 g/mol. The molecule has 116 valence electrons. The highest BCUT2D eigenvalue weighted by molar-refractivity contribution is 5.91. The smallest absolute Gasteiger partial charge is 0.291 e. The Kier molecular flexibility index (Phi) is 4.06. The largest absolute Gasteiger partial charge is 0.438 e. The van der Waals surface area contributed by atoms with E-state index in [1.165, 1.54) is 12.6 Å². The van der Waals surface area contributed by atoms with Crippen LogP contribution in [0.25, 0.3) is 0 Å². The van der Waals surface area contributed by atoms with E-state index in [9.17, 15) is 4.79 Å². The third-order valence-corrected chi connectivity index (χ3v) is 3.59. The number of anilines is 1. The molecule has 1 amide bonds. The zero-order chi connectivity index (χ0) is 15.5. The van der Waals surface area contributed by atoms with Crippen molar-refractivity contribution < 1.29 is 13.9 Å². The molecule has 7 heteroatoms. The van der Waals surface area contributed by atoms with Gasteiger partial charge in [-0.2, -0.15) is 0 Å². The molecule has 0 aliphatic carbocycles. The molecule has 0 unspecified atom stereocenters. The van der Waals surface area contributed by atoms with E-state index in [1.54, 1.807) is 4.90 Å². The Morgan fingerprint density at radius 3 is 3.05 bits per heavy atom. The molecule has 1 saturated heterocycles. The van der Waals surface area contributed by atoms with Crippen LogP contribution < -0.4 is 5.32 Å². The number of nitrogens with one attached hydrogen (secondary N) is 1. The minimum atomic E-state index is -0.243. The van der Waals surface area contributed by atoms with Gasteiger partial charge >= 0.3 is 0 Å². The van der Waals surface area contributed by atoms with Crippen LogP contribution in [0.4, 0.5) is 5.69 Å². The summed E-state index contributed by atoms with van der Waals surface area (Å²) in [4.78, 5) is 22.3. The van der Waals surface area contributed by atoms with E-state index in [0.717, 1.165) is 17.1 Å². The van der Waals surface area contributed by atoms with Gasteiger partial charge in [-0.15, -0.1) is 0 Å². The van der Waals surface area contributed by atoms with E-state index in [0.29, 0.717) is 19.7 Å². The predicted molar refractivity (Wildman–Crippen MR) is 79.6 cm³/mol. The summed E-state index contributed by atoms with van der Waals surface area (Å²) in [5.41, 5.74) is 2.70. The summed E-state index contributed by atoms with van der Waals surface area (Å²) in [7, 11) is 1.86. The van der Waals surface area contributed by atoms with E-state index in [2.05, 4.69) is 15.3 Å². The van der Waals surface area contributed by atoms with Crippen molar-refractivity contribution in [3.05, 3.63) is 41.9 Å². The Balaban J connectivity index is 1.78. The van der Waals surface area contributed by atoms with E-state index >= 15 is 0 Å². The van der Waals surface area contributed by atoms with Gasteiger partial charge in [0.25, 0.3) is 5.91 Å². The van der Waals surface area contributed by atoms with E-state index in [1.807, 2.05) is 26.1 Å². The van der Waals surface area contributed by atoms with Crippen LogP contribution in [0.2, 0.25) is 0 Å². The summed E-state index contributed by atoms with van der Waals surface area (Å²) in [6.07, 6.45) is 2.44. The van der Waals surface area contributed by atoms with Gasteiger partial charge in [0.05, 0.1) is 25.0 Å². The van der Waals surface area contributed by atoms with Gasteiger partial charge in [0.2, 0.25) is 5.76 Å². The Bertz CT molecular complexity index is 657. The Morgan fingerprint density at radius 2 is 2.32 bits per heavy atom. The fraction of sp³-hybridized carbons (Fsp3) is 0.400. The Hall–Kier alpha value is -2.41. The van der Waals surface area contributed by atoms with Gasteiger partial charge in [-0.1, -0.05) is 0 Å². The number of nitrogens with zero attached hydrogens (tertiary/aromatic N) is 3. The van der Waals surface area contributed by atoms with Crippen LogP contribution in [0, 0.1) is 6.92 Å². The number of aryl methyl sites for hydroxylation is 1. The molecule has 3 rings (SSSR count).